The van der Waals surface area contributed by atoms with Gasteiger partial charge in [0, 0.05) is 36.8 Å². The fraction of sp³-hybridized carbons (Fsp3) is 0.444. The fourth-order valence-corrected chi connectivity index (χ4v) is 4.41. The second-order valence-corrected chi connectivity index (χ2v) is 7.78. The van der Waals surface area contributed by atoms with Crippen LogP contribution in [-0.2, 0) is 0 Å². The summed E-state index contributed by atoms with van der Waals surface area (Å²) in [6, 6.07) is 1.28. The number of carboxylic acids is 1. The van der Waals surface area contributed by atoms with Crippen LogP contribution >= 0.6 is 11.8 Å². The third-order valence-electron chi connectivity index (χ3n) is 4.90. The van der Waals surface area contributed by atoms with Crippen molar-refractivity contribution in [2.45, 2.75) is 18.9 Å². The molecule has 1 aromatic heterocycles. The number of thioether (sulfide) groups is 1. The average Bonchev–Trinajstić information content (AvgIpc) is 3.47. The number of anilines is 1. The zero-order valence-electron chi connectivity index (χ0n) is 14.3. The van der Waals surface area contributed by atoms with Crippen molar-refractivity contribution >= 4 is 34.3 Å². The highest BCUT2D eigenvalue weighted by Gasteiger charge is 2.31. The van der Waals surface area contributed by atoms with Crippen molar-refractivity contribution in [3.8, 4) is 5.75 Å². The van der Waals surface area contributed by atoms with E-state index in [0.717, 1.165) is 24.3 Å². The van der Waals surface area contributed by atoms with Crippen LogP contribution in [0.2, 0.25) is 0 Å². The van der Waals surface area contributed by atoms with Crippen LogP contribution in [-0.4, -0.2) is 47.3 Å². The van der Waals surface area contributed by atoms with Crippen LogP contribution in [0.5, 0.6) is 5.75 Å². The first-order chi connectivity index (χ1) is 12.5. The lowest BCUT2D eigenvalue weighted by Gasteiger charge is -2.31. The molecule has 1 aliphatic carbocycles. The summed E-state index contributed by atoms with van der Waals surface area (Å²) in [6.07, 6.45) is 3.17. The third-order valence-corrected chi connectivity index (χ3v) is 5.84. The van der Waals surface area contributed by atoms with Gasteiger partial charge in [-0.3, -0.25) is 4.79 Å². The molecule has 2 fully saturated rings. The van der Waals surface area contributed by atoms with E-state index in [9.17, 15) is 19.1 Å². The van der Waals surface area contributed by atoms with Crippen LogP contribution in [0.15, 0.2) is 17.1 Å². The number of hydrogen-bond acceptors (Lipinski definition) is 5. The van der Waals surface area contributed by atoms with E-state index < -0.39 is 17.2 Å². The molecule has 0 radical (unpaired) electrons. The Balaban J connectivity index is 2.05. The molecular formula is C18H19FN2O4S. The Hall–Kier alpha value is -2.22. The number of methoxy groups -OCH3 is 1. The largest absolute Gasteiger partial charge is 0.492 e. The number of carbonyl (C=O) groups is 1. The Kier molecular flexibility index (Phi) is 4.30. The molecule has 138 valence electrons. The summed E-state index contributed by atoms with van der Waals surface area (Å²) < 4.78 is 22.3. The number of carboxylic acid groups (broad SMARTS) is 1. The highest BCUT2D eigenvalue weighted by atomic mass is 32.2. The number of aromatic nitrogens is 1. The first-order valence-corrected chi connectivity index (χ1v) is 9.69. The molecule has 1 saturated carbocycles. The maximum absolute atomic E-state index is 15.0. The van der Waals surface area contributed by atoms with Crippen molar-refractivity contribution in [2.24, 2.45) is 0 Å². The van der Waals surface area contributed by atoms with Crippen LogP contribution in [0.25, 0.3) is 10.9 Å². The van der Waals surface area contributed by atoms with Gasteiger partial charge in [-0.15, -0.1) is 0 Å². The number of hydrogen-bond donors (Lipinski definition) is 1. The average molecular weight is 378 g/mol. The van der Waals surface area contributed by atoms with E-state index in [0.29, 0.717) is 30.0 Å². The molecule has 0 bridgehead atoms. The first-order valence-electron chi connectivity index (χ1n) is 8.54. The Labute approximate surface area is 153 Å². The van der Waals surface area contributed by atoms with Crippen LogP contribution in [0.4, 0.5) is 10.1 Å². The smallest absolute Gasteiger partial charge is 0.341 e. The lowest BCUT2D eigenvalue weighted by molar-refractivity contribution is 0.0695. The molecule has 0 spiro atoms. The highest BCUT2D eigenvalue weighted by molar-refractivity contribution is 7.99. The van der Waals surface area contributed by atoms with E-state index in [4.69, 9.17) is 4.74 Å². The number of fused-ring (bicyclic) bond motifs is 1. The van der Waals surface area contributed by atoms with Crippen molar-refractivity contribution in [1.82, 2.24) is 4.57 Å². The van der Waals surface area contributed by atoms with Crippen molar-refractivity contribution in [3.63, 3.8) is 0 Å². The van der Waals surface area contributed by atoms with Gasteiger partial charge in [-0.05, 0) is 18.9 Å². The molecule has 8 heteroatoms. The van der Waals surface area contributed by atoms with Gasteiger partial charge in [0.15, 0.2) is 11.6 Å². The summed E-state index contributed by atoms with van der Waals surface area (Å²) >= 11 is 1.82. The molecule has 1 aliphatic heterocycles. The van der Waals surface area contributed by atoms with E-state index in [1.165, 1.54) is 19.4 Å². The molecule has 2 aromatic rings. The number of pyridine rings is 1. The SMILES string of the molecule is COc1c(N2CCSCC2)c(F)cc2c(=O)c(C(=O)O)cn(C3CC3)c12. The number of aromatic carboxylic acids is 1. The van der Waals surface area contributed by atoms with Crippen molar-refractivity contribution < 1.29 is 19.0 Å². The summed E-state index contributed by atoms with van der Waals surface area (Å²) in [5.41, 5.74) is -0.174. The maximum Gasteiger partial charge on any atom is 0.341 e. The number of halogens is 1. The molecule has 0 unspecified atom stereocenters. The quantitative estimate of drug-likeness (QED) is 0.882. The van der Waals surface area contributed by atoms with Gasteiger partial charge in [0.05, 0.1) is 18.0 Å². The van der Waals surface area contributed by atoms with Gasteiger partial charge in [-0.2, -0.15) is 11.8 Å². The zero-order valence-corrected chi connectivity index (χ0v) is 15.1. The minimum Gasteiger partial charge on any atom is -0.492 e. The summed E-state index contributed by atoms with van der Waals surface area (Å²) in [4.78, 5) is 26.0. The number of benzene rings is 1. The Morgan fingerprint density at radius 1 is 1.35 bits per heavy atom. The predicted octanol–water partition coefficient (Wildman–Crippen LogP) is 2.74. The van der Waals surface area contributed by atoms with Crippen LogP contribution in [0.3, 0.4) is 0 Å². The lowest BCUT2D eigenvalue weighted by atomic mass is 10.1. The predicted molar refractivity (Wildman–Crippen MR) is 99.5 cm³/mol. The van der Waals surface area contributed by atoms with Crippen LogP contribution in [0, 0.1) is 5.82 Å². The van der Waals surface area contributed by atoms with Gasteiger partial charge in [0.1, 0.15) is 11.3 Å². The number of ether oxygens (including phenoxy) is 1. The summed E-state index contributed by atoms with van der Waals surface area (Å²) in [7, 11) is 1.46. The highest BCUT2D eigenvalue weighted by Crippen LogP contribution is 2.43. The first kappa shape index (κ1) is 17.2. The van der Waals surface area contributed by atoms with Crippen LogP contribution < -0.4 is 15.1 Å². The molecule has 1 saturated heterocycles. The molecule has 0 amide bonds. The molecule has 4 rings (SSSR count). The normalized spacial score (nSPS) is 17.5. The van der Waals surface area contributed by atoms with E-state index in [2.05, 4.69) is 0 Å². The second kappa shape index (κ2) is 6.50. The number of rotatable bonds is 4. The molecule has 0 atom stereocenters. The second-order valence-electron chi connectivity index (χ2n) is 6.55. The van der Waals surface area contributed by atoms with Gasteiger partial charge in [0.2, 0.25) is 5.43 Å². The Morgan fingerprint density at radius 2 is 2.04 bits per heavy atom. The zero-order chi connectivity index (χ0) is 18.4. The van der Waals surface area contributed by atoms with E-state index in [1.54, 1.807) is 4.57 Å². The standard InChI is InChI=1S/C18H19FN2O4S/c1-25-17-14-11(8-13(19)15(17)20-4-6-26-7-5-20)16(22)12(18(23)24)9-21(14)10-2-3-10/h8-10H,2-7H2,1H3,(H,23,24). The fourth-order valence-electron chi connectivity index (χ4n) is 3.51. The van der Waals surface area contributed by atoms with Gasteiger partial charge in [0.25, 0.3) is 0 Å². The van der Waals surface area contributed by atoms with E-state index in [1.807, 2.05) is 16.7 Å². The molecular weight excluding hydrogens is 359 g/mol. The van der Waals surface area contributed by atoms with Gasteiger partial charge in [-0.1, -0.05) is 0 Å². The minimum atomic E-state index is -1.30. The monoisotopic (exact) mass is 378 g/mol. The van der Waals surface area contributed by atoms with E-state index >= 15 is 0 Å². The minimum absolute atomic E-state index is 0.0567. The van der Waals surface area contributed by atoms with Crippen LogP contribution in [0.1, 0.15) is 29.2 Å². The molecule has 1 aromatic carbocycles. The Bertz CT molecular complexity index is 949. The molecule has 1 N–H and O–H groups in total. The number of nitrogens with zero attached hydrogens (tertiary/aromatic N) is 2. The topological polar surface area (TPSA) is 71.8 Å². The summed E-state index contributed by atoms with van der Waals surface area (Å²) in [5.74, 6) is 0.251. The maximum atomic E-state index is 15.0. The molecule has 6 nitrogen and oxygen atoms in total. The molecule has 26 heavy (non-hydrogen) atoms. The van der Waals surface area contributed by atoms with Crippen molar-refractivity contribution in [2.75, 3.05) is 36.6 Å². The third kappa shape index (κ3) is 2.72. The van der Waals surface area contributed by atoms with E-state index in [-0.39, 0.29) is 17.0 Å². The molecule has 2 heterocycles. The Morgan fingerprint density at radius 3 is 2.62 bits per heavy atom. The van der Waals surface area contributed by atoms with Crippen molar-refractivity contribution in [1.29, 1.82) is 0 Å². The van der Waals surface area contributed by atoms with Gasteiger partial charge >= 0.3 is 5.97 Å². The van der Waals surface area contributed by atoms with Gasteiger partial charge in [-0.25, -0.2) is 9.18 Å². The summed E-state index contributed by atoms with van der Waals surface area (Å²) in [6.45, 7) is 1.40. The van der Waals surface area contributed by atoms with Gasteiger partial charge < -0.3 is 19.3 Å². The summed E-state index contributed by atoms with van der Waals surface area (Å²) in [5, 5.41) is 9.41. The molecule has 2 aliphatic rings. The lowest BCUT2D eigenvalue weighted by Crippen LogP contribution is -2.33. The van der Waals surface area contributed by atoms with Crippen molar-refractivity contribution in [3.05, 3.63) is 33.9 Å².